The average molecular weight is 477 g/mol. The summed E-state index contributed by atoms with van der Waals surface area (Å²) in [5.74, 6) is 1.55. The number of nitrogens with zero attached hydrogens (tertiary/aromatic N) is 1. The molecule has 0 heterocycles. The Labute approximate surface area is 200 Å². The van der Waals surface area contributed by atoms with Gasteiger partial charge in [-0.15, -0.1) is 11.8 Å². The monoisotopic (exact) mass is 476 g/mol. The molecule has 0 radical (unpaired) electrons. The predicted molar refractivity (Wildman–Crippen MR) is 133 cm³/mol. The summed E-state index contributed by atoms with van der Waals surface area (Å²) in [4.78, 5) is 28.0. The van der Waals surface area contributed by atoms with Crippen molar-refractivity contribution in [2.24, 2.45) is 0 Å². The molecule has 2 aromatic carbocycles. The molecule has 0 aliphatic carbocycles. The fourth-order valence-electron chi connectivity index (χ4n) is 3.25. The molecule has 0 fully saturated rings. The number of hydrogen-bond donors (Lipinski definition) is 1. The van der Waals surface area contributed by atoms with Crippen molar-refractivity contribution in [3.8, 4) is 5.75 Å². The molecule has 0 unspecified atom stereocenters. The Morgan fingerprint density at radius 3 is 2.44 bits per heavy atom. The molecule has 174 valence electrons. The molecule has 1 N–H and O–H groups in total. The van der Waals surface area contributed by atoms with Gasteiger partial charge in [-0.1, -0.05) is 49.7 Å². The number of thioether (sulfide) groups is 1. The largest absolute Gasteiger partial charge is 0.497 e. The lowest BCUT2D eigenvalue weighted by Gasteiger charge is -2.31. The number of hydrogen-bond acceptors (Lipinski definition) is 4. The number of carbonyl (C=O) groups excluding carboxylic acids is 2. The van der Waals surface area contributed by atoms with E-state index in [0.29, 0.717) is 29.5 Å². The highest BCUT2D eigenvalue weighted by molar-refractivity contribution is 7.99. The van der Waals surface area contributed by atoms with Crippen molar-refractivity contribution in [3.63, 3.8) is 0 Å². The van der Waals surface area contributed by atoms with Gasteiger partial charge in [0, 0.05) is 23.4 Å². The summed E-state index contributed by atoms with van der Waals surface area (Å²) in [5.41, 5.74) is 2.03. The minimum absolute atomic E-state index is 0.0575. The first-order valence-electron chi connectivity index (χ1n) is 10.9. The second-order valence-corrected chi connectivity index (χ2v) is 9.16. The van der Waals surface area contributed by atoms with E-state index in [4.69, 9.17) is 16.3 Å². The zero-order chi connectivity index (χ0) is 23.5. The van der Waals surface area contributed by atoms with Gasteiger partial charge in [-0.3, -0.25) is 9.59 Å². The minimum atomic E-state index is -0.529. The molecule has 0 aliphatic rings. The molecule has 0 aliphatic heterocycles. The highest BCUT2D eigenvalue weighted by Crippen LogP contribution is 2.20. The van der Waals surface area contributed by atoms with Crippen LogP contribution in [0.15, 0.2) is 48.5 Å². The third-order valence-electron chi connectivity index (χ3n) is 5.28. The van der Waals surface area contributed by atoms with Gasteiger partial charge in [0.25, 0.3) is 0 Å². The van der Waals surface area contributed by atoms with Crippen LogP contribution in [0.25, 0.3) is 0 Å². The average Bonchev–Trinajstić information content (AvgIpc) is 2.80. The van der Waals surface area contributed by atoms with Crippen LogP contribution in [0.1, 0.15) is 44.7 Å². The van der Waals surface area contributed by atoms with E-state index in [1.165, 1.54) is 11.8 Å². The summed E-state index contributed by atoms with van der Waals surface area (Å²) in [7, 11) is 1.61. The van der Waals surface area contributed by atoms with Gasteiger partial charge in [0.05, 0.1) is 12.9 Å². The first-order valence-corrected chi connectivity index (χ1v) is 12.5. The van der Waals surface area contributed by atoms with Crippen molar-refractivity contribution in [1.29, 1.82) is 0 Å². The topological polar surface area (TPSA) is 58.6 Å². The quantitative estimate of drug-likeness (QED) is 0.451. The van der Waals surface area contributed by atoms with Gasteiger partial charge >= 0.3 is 0 Å². The van der Waals surface area contributed by atoms with Crippen LogP contribution in [0.4, 0.5) is 0 Å². The molecule has 0 saturated carbocycles. The Morgan fingerprint density at radius 2 is 1.81 bits per heavy atom. The maximum atomic E-state index is 13.3. The van der Waals surface area contributed by atoms with Crippen molar-refractivity contribution in [2.75, 3.05) is 12.9 Å². The van der Waals surface area contributed by atoms with E-state index in [9.17, 15) is 9.59 Å². The Balaban J connectivity index is 2.15. The van der Waals surface area contributed by atoms with Crippen LogP contribution in [-0.4, -0.2) is 41.7 Å². The smallest absolute Gasteiger partial charge is 0.243 e. The van der Waals surface area contributed by atoms with E-state index in [0.717, 1.165) is 23.3 Å². The number of ether oxygens (including phenoxy) is 1. The standard InChI is InChI=1S/C25H33ClN2O3S/c1-5-18(3)27-25(30)23(6-2)28(15-20-8-7-9-22(14-20)31-4)24(29)17-32-16-19-10-12-21(26)13-11-19/h7-14,18,23H,5-6,15-17H2,1-4H3,(H,27,30)/t18-,23-/m0/s1. The molecule has 2 rings (SSSR count). The lowest BCUT2D eigenvalue weighted by atomic mass is 10.1. The van der Waals surface area contributed by atoms with Crippen LogP contribution in [0, 0.1) is 0 Å². The van der Waals surface area contributed by atoms with E-state index in [-0.39, 0.29) is 17.9 Å². The first-order chi connectivity index (χ1) is 15.4. The maximum absolute atomic E-state index is 13.3. The molecule has 2 aromatic rings. The number of halogens is 1. The highest BCUT2D eigenvalue weighted by atomic mass is 35.5. The molecular formula is C25H33ClN2O3S. The maximum Gasteiger partial charge on any atom is 0.243 e. The summed E-state index contributed by atoms with van der Waals surface area (Å²) in [5, 5.41) is 3.73. The second kappa shape index (κ2) is 13.4. The Bertz CT molecular complexity index is 876. The molecule has 2 atom stereocenters. The first kappa shape index (κ1) is 26.1. The number of methoxy groups -OCH3 is 1. The number of amides is 2. The Morgan fingerprint density at radius 1 is 1.09 bits per heavy atom. The zero-order valence-electron chi connectivity index (χ0n) is 19.3. The normalized spacial score (nSPS) is 12.7. The van der Waals surface area contributed by atoms with Gasteiger partial charge in [0.2, 0.25) is 11.8 Å². The van der Waals surface area contributed by atoms with Gasteiger partial charge in [-0.2, -0.15) is 0 Å². The highest BCUT2D eigenvalue weighted by Gasteiger charge is 2.29. The Kier molecular flexibility index (Phi) is 10.9. The molecule has 0 aromatic heterocycles. The minimum Gasteiger partial charge on any atom is -0.497 e. The van der Waals surface area contributed by atoms with E-state index in [1.807, 2.05) is 69.3 Å². The van der Waals surface area contributed by atoms with Gasteiger partial charge in [-0.05, 0) is 55.2 Å². The van der Waals surface area contributed by atoms with Crippen molar-refractivity contribution in [1.82, 2.24) is 10.2 Å². The third-order valence-corrected chi connectivity index (χ3v) is 6.52. The summed E-state index contributed by atoms with van der Waals surface area (Å²) in [6, 6.07) is 14.8. The molecule has 0 spiro atoms. The fourth-order valence-corrected chi connectivity index (χ4v) is 4.24. The lowest BCUT2D eigenvalue weighted by molar-refractivity contribution is -0.139. The van der Waals surface area contributed by atoms with Crippen LogP contribution in [0.5, 0.6) is 5.75 Å². The van der Waals surface area contributed by atoms with E-state index >= 15 is 0 Å². The van der Waals surface area contributed by atoms with Crippen LogP contribution < -0.4 is 10.1 Å². The molecular weight excluding hydrogens is 444 g/mol. The fraction of sp³-hybridized carbons (Fsp3) is 0.440. The number of rotatable bonds is 12. The summed E-state index contributed by atoms with van der Waals surface area (Å²) in [6.45, 7) is 6.29. The summed E-state index contributed by atoms with van der Waals surface area (Å²) < 4.78 is 5.32. The van der Waals surface area contributed by atoms with Crippen molar-refractivity contribution in [3.05, 3.63) is 64.7 Å². The predicted octanol–water partition coefficient (Wildman–Crippen LogP) is 5.30. The number of carbonyl (C=O) groups is 2. The van der Waals surface area contributed by atoms with Gasteiger partial charge < -0.3 is 15.0 Å². The third kappa shape index (κ3) is 8.06. The lowest BCUT2D eigenvalue weighted by Crippen LogP contribution is -2.51. The van der Waals surface area contributed by atoms with Crippen molar-refractivity contribution in [2.45, 2.75) is 58.0 Å². The molecule has 5 nitrogen and oxygen atoms in total. The molecule has 0 saturated heterocycles. The van der Waals surface area contributed by atoms with E-state index in [1.54, 1.807) is 12.0 Å². The van der Waals surface area contributed by atoms with Crippen LogP contribution >= 0.6 is 23.4 Å². The van der Waals surface area contributed by atoms with Crippen LogP contribution in [0.3, 0.4) is 0 Å². The van der Waals surface area contributed by atoms with E-state index in [2.05, 4.69) is 5.32 Å². The molecule has 2 amide bonds. The zero-order valence-corrected chi connectivity index (χ0v) is 20.8. The van der Waals surface area contributed by atoms with Crippen molar-refractivity contribution < 1.29 is 14.3 Å². The van der Waals surface area contributed by atoms with Gasteiger partial charge in [0.15, 0.2) is 0 Å². The van der Waals surface area contributed by atoms with Gasteiger partial charge in [-0.25, -0.2) is 0 Å². The van der Waals surface area contributed by atoms with Crippen molar-refractivity contribution >= 4 is 35.2 Å². The summed E-state index contributed by atoms with van der Waals surface area (Å²) in [6.07, 6.45) is 1.38. The number of benzene rings is 2. The van der Waals surface area contributed by atoms with Gasteiger partial charge in [0.1, 0.15) is 11.8 Å². The second-order valence-electron chi connectivity index (χ2n) is 7.73. The Hall–Kier alpha value is -2.18. The van der Waals surface area contributed by atoms with E-state index < -0.39 is 6.04 Å². The van der Waals surface area contributed by atoms with Crippen LogP contribution in [0.2, 0.25) is 5.02 Å². The molecule has 0 bridgehead atoms. The number of nitrogens with one attached hydrogen (secondary N) is 1. The molecule has 32 heavy (non-hydrogen) atoms. The van der Waals surface area contributed by atoms with Crippen LogP contribution in [-0.2, 0) is 21.9 Å². The molecule has 7 heteroatoms. The SMILES string of the molecule is CC[C@H](C)NC(=O)[C@H](CC)N(Cc1cccc(OC)c1)C(=O)CSCc1ccc(Cl)cc1. The summed E-state index contributed by atoms with van der Waals surface area (Å²) >= 11 is 7.48.